The van der Waals surface area contributed by atoms with Gasteiger partial charge in [0.15, 0.2) is 0 Å². The third-order valence-corrected chi connectivity index (χ3v) is 4.98. The van der Waals surface area contributed by atoms with Gasteiger partial charge < -0.3 is 15.5 Å². The number of carbonyl (C=O) groups is 1. The van der Waals surface area contributed by atoms with Crippen molar-refractivity contribution in [1.29, 1.82) is 0 Å². The minimum absolute atomic E-state index is 0.0767. The zero-order valence-electron chi connectivity index (χ0n) is 14.9. The molecule has 0 spiro atoms. The van der Waals surface area contributed by atoms with Gasteiger partial charge in [0.25, 0.3) is 0 Å². The van der Waals surface area contributed by atoms with Gasteiger partial charge in [-0.05, 0) is 49.2 Å². The summed E-state index contributed by atoms with van der Waals surface area (Å²) < 4.78 is 0. The summed E-state index contributed by atoms with van der Waals surface area (Å²) in [5.74, 6) is 0.124. The summed E-state index contributed by atoms with van der Waals surface area (Å²) in [5, 5.41) is 0. The van der Waals surface area contributed by atoms with Crippen molar-refractivity contribution in [2.75, 3.05) is 32.4 Å². The number of anilines is 1. The fourth-order valence-corrected chi connectivity index (χ4v) is 3.51. The van der Waals surface area contributed by atoms with Gasteiger partial charge in [-0.1, -0.05) is 42.5 Å². The van der Waals surface area contributed by atoms with E-state index in [0.717, 1.165) is 25.2 Å². The van der Waals surface area contributed by atoms with Crippen LogP contribution in [-0.2, 0) is 11.2 Å². The number of likely N-dealkylation sites (tertiary alicyclic amines) is 1. The van der Waals surface area contributed by atoms with E-state index < -0.39 is 0 Å². The summed E-state index contributed by atoms with van der Waals surface area (Å²) in [7, 11) is 1.92. The van der Waals surface area contributed by atoms with Crippen LogP contribution in [0.4, 0.5) is 5.69 Å². The van der Waals surface area contributed by atoms with Gasteiger partial charge in [0.1, 0.15) is 0 Å². The molecule has 2 aromatic carbocycles. The molecule has 2 aromatic rings. The first-order valence-corrected chi connectivity index (χ1v) is 9.01. The zero-order valence-corrected chi connectivity index (χ0v) is 14.9. The van der Waals surface area contributed by atoms with Crippen LogP contribution in [0.25, 0.3) is 0 Å². The van der Waals surface area contributed by atoms with Gasteiger partial charge in [0, 0.05) is 19.3 Å². The first kappa shape index (κ1) is 17.5. The average molecular weight is 337 g/mol. The van der Waals surface area contributed by atoms with Crippen LogP contribution in [-0.4, -0.2) is 42.4 Å². The molecule has 2 N–H and O–H groups in total. The molecule has 25 heavy (non-hydrogen) atoms. The fraction of sp³-hybridized carbons (Fsp3) is 0.381. The number of nitrogens with two attached hydrogens (primary N) is 1. The Morgan fingerprint density at radius 3 is 2.52 bits per heavy atom. The second kappa shape index (κ2) is 8.17. The van der Waals surface area contributed by atoms with E-state index in [2.05, 4.69) is 17.0 Å². The van der Waals surface area contributed by atoms with Crippen LogP contribution in [0.15, 0.2) is 54.6 Å². The Balaban J connectivity index is 1.75. The Morgan fingerprint density at radius 1 is 1.12 bits per heavy atom. The number of rotatable bonds is 6. The van der Waals surface area contributed by atoms with Gasteiger partial charge in [0.2, 0.25) is 5.91 Å². The Bertz CT molecular complexity index is 695. The largest absolute Gasteiger partial charge is 0.399 e. The van der Waals surface area contributed by atoms with Crippen molar-refractivity contribution in [3.63, 3.8) is 0 Å². The minimum atomic E-state index is 0.0767. The van der Waals surface area contributed by atoms with Crippen molar-refractivity contribution in [2.45, 2.75) is 25.3 Å². The number of carbonyl (C=O) groups excluding carboxylic acids is 1. The highest BCUT2D eigenvalue weighted by Crippen LogP contribution is 2.23. The molecule has 4 nitrogen and oxygen atoms in total. The van der Waals surface area contributed by atoms with E-state index >= 15 is 0 Å². The van der Waals surface area contributed by atoms with Gasteiger partial charge in [0.05, 0.1) is 12.5 Å². The molecule has 1 aliphatic heterocycles. The minimum Gasteiger partial charge on any atom is -0.399 e. The lowest BCUT2D eigenvalue weighted by Crippen LogP contribution is -2.39. The van der Waals surface area contributed by atoms with Crippen LogP contribution < -0.4 is 5.73 Å². The molecule has 0 radical (unpaired) electrons. The van der Waals surface area contributed by atoms with Gasteiger partial charge in [-0.25, -0.2) is 0 Å². The molecule has 132 valence electrons. The Labute approximate surface area is 150 Å². The molecule has 0 aromatic heterocycles. The van der Waals surface area contributed by atoms with Crippen molar-refractivity contribution in [3.8, 4) is 0 Å². The van der Waals surface area contributed by atoms with E-state index in [4.69, 9.17) is 5.73 Å². The van der Waals surface area contributed by atoms with Crippen LogP contribution in [0, 0.1) is 0 Å². The molecule has 1 atom stereocenters. The van der Waals surface area contributed by atoms with Crippen LogP contribution in [0.1, 0.15) is 30.0 Å². The highest BCUT2D eigenvalue weighted by molar-refractivity contribution is 5.79. The van der Waals surface area contributed by atoms with Gasteiger partial charge in [-0.15, -0.1) is 0 Å². The summed E-state index contributed by atoms with van der Waals surface area (Å²) >= 11 is 0. The Morgan fingerprint density at radius 2 is 1.84 bits per heavy atom. The van der Waals surface area contributed by atoms with Gasteiger partial charge in [-0.3, -0.25) is 4.79 Å². The number of likely N-dealkylation sites (N-methyl/N-ethyl adjacent to an activating group) is 1. The van der Waals surface area contributed by atoms with Crippen LogP contribution in [0.3, 0.4) is 0 Å². The molecule has 0 saturated carbocycles. The highest BCUT2D eigenvalue weighted by Gasteiger charge is 2.25. The molecule has 0 aliphatic carbocycles. The third-order valence-electron chi connectivity index (χ3n) is 4.98. The quantitative estimate of drug-likeness (QED) is 0.824. The van der Waals surface area contributed by atoms with E-state index in [1.807, 2.05) is 54.4 Å². The maximum Gasteiger partial charge on any atom is 0.227 e. The summed E-state index contributed by atoms with van der Waals surface area (Å²) in [6.45, 7) is 3.14. The standard InChI is InChI=1S/C21H27N3O/c1-23(21(25)15-17-8-7-11-19(22)14-17)20(16-24-12-5-6-13-24)18-9-3-2-4-10-18/h2-4,7-11,14,20H,5-6,12-13,15-16,22H2,1H3/t20-/m1/s1. The molecule has 0 unspecified atom stereocenters. The van der Waals surface area contributed by atoms with E-state index in [9.17, 15) is 4.79 Å². The zero-order chi connectivity index (χ0) is 17.6. The molecule has 1 saturated heterocycles. The monoisotopic (exact) mass is 337 g/mol. The van der Waals surface area contributed by atoms with Crippen molar-refractivity contribution in [2.24, 2.45) is 0 Å². The molecule has 4 heteroatoms. The smallest absolute Gasteiger partial charge is 0.227 e. The molecule has 1 aliphatic rings. The highest BCUT2D eigenvalue weighted by atomic mass is 16.2. The second-order valence-electron chi connectivity index (χ2n) is 6.86. The van der Waals surface area contributed by atoms with Crippen molar-refractivity contribution in [1.82, 2.24) is 9.80 Å². The molecule has 1 heterocycles. The maximum absolute atomic E-state index is 12.9. The van der Waals surface area contributed by atoms with Crippen molar-refractivity contribution < 1.29 is 4.79 Å². The summed E-state index contributed by atoms with van der Waals surface area (Å²) in [6.07, 6.45) is 2.88. The number of nitrogen functional groups attached to an aromatic ring is 1. The van der Waals surface area contributed by atoms with Crippen molar-refractivity contribution in [3.05, 3.63) is 65.7 Å². The predicted molar refractivity (Wildman–Crippen MR) is 102 cm³/mol. The Hall–Kier alpha value is -2.33. The molecular formula is C21H27N3O. The molecular weight excluding hydrogens is 310 g/mol. The lowest BCUT2D eigenvalue weighted by molar-refractivity contribution is -0.131. The first-order chi connectivity index (χ1) is 12.1. The SMILES string of the molecule is CN(C(=O)Cc1cccc(N)c1)[C@H](CN1CCCC1)c1ccccc1. The maximum atomic E-state index is 12.9. The average Bonchev–Trinajstić information content (AvgIpc) is 3.13. The van der Waals surface area contributed by atoms with Crippen LogP contribution >= 0.6 is 0 Å². The lowest BCUT2D eigenvalue weighted by Gasteiger charge is -2.32. The van der Waals surface area contributed by atoms with E-state index in [-0.39, 0.29) is 11.9 Å². The second-order valence-corrected chi connectivity index (χ2v) is 6.86. The van der Waals surface area contributed by atoms with Crippen LogP contribution in [0.5, 0.6) is 0 Å². The number of hydrogen-bond acceptors (Lipinski definition) is 3. The molecule has 3 rings (SSSR count). The van der Waals surface area contributed by atoms with Crippen molar-refractivity contribution >= 4 is 11.6 Å². The van der Waals surface area contributed by atoms with Gasteiger partial charge in [-0.2, -0.15) is 0 Å². The van der Waals surface area contributed by atoms with E-state index in [1.54, 1.807) is 0 Å². The first-order valence-electron chi connectivity index (χ1n) is 9.01. The van der Waals surface area contributed by atoms with Crippen LogP contribution in [0.2, 0.25) is 0 Å². The summed E-state index contributed by atoms with van der Waals surface area (Å²) in [6, 6.07) is 18.0. The fourth-order valence-electron chi connectivity index (χ4n) is 3.51. The topological polar surface area (TPSA) is 49.6 Å². The predicted octanol–water partition coefficient (Wildman–Crippen LogP) is 3.11. The normalized spacial score (nSPS) is 15.9. The van der Waals surface area contributed by atoms with Gasteiger partial charge >= 0.3 is 0 Å². The number of hydrogen-bond donors (Lipinski definition) is 1. The third kappa shape index (κ3) is 4.60. The molecule has 1 amide bonds. The summed E-state index contributed by atoms with van der Waals surface area (Å²) in [4.78, 5) is 17.2. The number of amides is 1. The molecule has 0 bridgehead atoms. The van der Waals surface area contributed by atoms with E-state index in [0.29, 0.717) is 12.1 Å². The lowest BCUT2D eigenvalue weighted by atomic mass is 10.0. The molecule has 1 fully saturated rings. The van der Waals surface area contributed by atoms with E-state index in [1.165, 1.54) is 18.4 Å². The summed E-state index contributed by atoms with van der Waals surface area (Å²) in [5.41, 5.74) is 8.69. The number of nitrogens with zero attached hydrogens (tertiary/aromatic N) is 2. The Kier molecular flexibility index (Phi) is 5.71. The number of benzene rings is 2.